The molecule has 0 spiro atoms. The molecular formula is C37H44BrN3O4S. The quantitative estimate of drug-likeness (QED) is 0.235. The van der Waals surface area contributed by atoms with Crippen LogP contribution in [0.3, 0.4) is 0 Å². The van der Waals surface area contributed by atoms with Crippen molar-refractivity contribution in [1.82, 2.24) is 10.2 Å². The van der Waals surface area contributed by atoms with Crippen molar-refractivity contribution in [3.8, 4) is 0 Å². The first-order chi connectivity index (χ1) is 22.0. The number of sulfonamides is 1. The predicted octanol–water partition coefficient (Wildman–Crippen LogP) is 6.46. The molecular weight excluding hydrogens is 662 g/mol. The maximum absolute atomic E-state index is 14.3. The molecule has 244 valence electrons. The van der Waals surface area contributed by atoms with E-state index in [9.17, 15) is 18.0 Å². The van der Waals surface area contributed by atoms with Gasteiger partial charge in [-0.1, -0.05) is 70.5 Å². The topological polar surface area (TPSA) is 86.8 Å². The first kappa shape index (κ1) is 32.8. The second kappa shape index (κ2) is 13.5. The Bertz CT molecular complexity index is 1610. The van der Waals surface area contributed by atoms with Gasteiger partial charge in [-0.15, -0.1) is 0 Å². The molecule has 4 fully saturated rings. The van der Waals surface area contributed by atoms with Crippen LogP contribution in [-0.4, -0.2) is 50.5 Å². The standard InChI is InChI=1S/C37H44BrN3O4S/c1-3-39-36(43)34(20-26-7-5-4-6-8-26)40(24-27-9-13-32(38)14-10-27)35(42)25-41(46(2,44)45)33-15-11-31(12-16-33)37-21-28-17-29(22-37)19-30(18-28)23-37/h4-16,28-30,34H,3,17-25H2,1-2H3,(H,39,43). The smallest absolute Gasteiger partial charge is 0.244 e. The van der Waals surface area contributed by atoms with E-state index in [0.29, 0.717) is 18.7 Å². The van der Waals surface area contributed by atoms with E-state index in [1.165, 1.54) is 53.3 Å². The van der Waals surface area contributed by atoms with Crippen LogP contribution in [0.4, 0.5) is 5.69 Å². The van der Waals surface area contributed by atoms with Gasteiger partial charge >= 0.3 is 0 Å². The summed E-state index contributed by atoms with van der Waals surface area (Å²) in [5.41, 5.74) is 3.70. The van der Waals surface area contributed by atoms with Crippen LogP contribution in [0.15, 0.2) is 83.3 Å². The van der Waals surface area contributed by atoms with Crippen LogP contribution in [0, 0.1) is 17.8 Å². The fourth-order valence-electron chi connectivity index (χ4n) is 8.69. The minimum Gasteiger partial charge on any atom is -0.355 e. The summed E-state index contributed by atoms with van der Waals surface area (Å²) in [4.78, 5) is 29.4. The molecule has 3 aromatic carbocycles. The molecule has 2 amide bonds. The Hall–Kier alpha value is -3.17. The molecule has 46 heavy (non-hydrogen) atoms. The van der Waals surface area contributed by atoms with Gasteiger partial charge in [0.15, 0.2) is 0 Å². The van der Waals surface area contributed by atoms with E-state index in [1.54, 1.807) is 0 Å². The molecule has 9 heteroatoms. The largest absolute Gasteiger partial charge is 0.355 e. The normalized spacial score (nSPS) is 23.9. The van der Waals surface area contributed by atoms with Crippen LogP contribution in [0.25, 0.3) is 0 Å². The zero-order chi connectivity index (χ0) is 32.5. The number of halogens is 1. The molecule has 7 nitrogen and oxygen atoms in total. The van der Waals surface area contributed by atoms with Crippen LogP contribution >= 0.6 is 15.9 Å². The second-order valence-corrected chi connectivity index (χ2v) is 16.6. The summed E-state index contributed by atoms with van der Waals surface area (Å²) in [5.74, 6) is 1.71. The van der Waals surface area contributed by atoms with Gasteiger partial charge in [0, 0.05) is 24.0 Å². The number of anilines is 1. The minimum atomic E-state index is -3.82. The second-order valence-electron chi connectivity index (χ2n) is 13.8. The molecule has 7 rings (SSSR count). The predicted molar refractivity (Wildman–Crippen MR) is 186 cm³/mol. The van der Waals surface area contributed by atoms with E-state index in [1.807, 2.05) is 73.7 Å². The summed E-state index contributed by atoms with van der Waals surface area (Å²) >= 11 is 3.47. The number of rotatable bonds is 12. The van der Waals surface area contributed by atoms with Crippen LogP contribution < -0.4 is 9.62 Å². The lowest BCUT2D eigenvalue weighted by molar-refractivity contribution is -0.140. The molecule has 1 unspecified atom stereocenters. The number of hydrogen-bond donors (Lipinski definition) is 1. The summed E-state index contributed by atoms with van der Waals surface area (Å²) in [6.45, 7) is 2.01. The highest BCUT2D eigenvalue weighted by Gasteiger charge is 2.51. The van der Waals surface area contributed by atoms with Crippen molar-refractivity contribution in [2.45, 2.75) is 69.9 Å². The van der Waals surface area contributed by atoms with E-state index < -0.39 is 28.5 Å². The Kier molecular flexibility index (Phi) is 9.62. The number of amides is 2. The lowest BCUT2D eigenvalue weighted by Crippen LogP contribution is -2.53. The van der Waals surface area contributed by atoms with Crippen LogP contribution in [-0.2, 0) is 38.0 Å². The minimum absolute atomic E-state index is 0.156. The van der Waals surface area contributed by atoms with Gasteiger partial charge in [-0.3, -0.25) is 13.9 Å². The molecule has 1 atom stereocenters. The van der Waals surface area contributed by atoms with Crippen LogP contribution in [0.5, 0.6) is 0 Å². The Morgan fingerprint density at radius 2 is 1.46 bits per heavy atom. The maximum atomic E-state index is 14.3. The summed E-state index contributed by atoms with van der Waals surface area (Å²) in [7, 11) is -3.82. The number of benzene rings is 3. The third-order valence-corrected chi connectivity index (χ3v) is 12.0. The van der Waals surface area contributed by atoms with Crippen molar-refractivity contribution in [2.24, 2.45) is 17.8 Å². The lowest BCUT2D eigenvalue weighted by Gasteiger charge is -2.57. The highest BCUT2D eigenvalue weighted by atomic mass is 79.9. The van der Waals surface area contributed by atoms with E-state index in [4.69, 9.17) is 0 Å². The molecule has 4 bridgehead atoms. The summed E-state index contributed by atoms with van der Waals surface area (Å²) in [6.07, 6.45) is 9.19. The number of hydrogen-bond acceptors (Lipinski definition) is 4. The fraction of sp³-hybridized carbons (Fsp3) is 0.459. The van der Waals surface area contributed by atoms with Crippen LogP contribution in [0.1, 0.15) is 62.1 Å². The van der Waals surface area contributed by atoms with Gasteiger partial charge in [-0.25, -0.2) is 8.42 Å². The average molecular weight is 707 g/mol. The molecule has 0 saturated heterocycles. The van der Waals surface area contributed by atoms with E-state index >= 15 is 0 Å². The molecule has 3 aromatic rings. The molecule has 0 aromatic heterocycles. The van der Waals surface area contributed by atoms with Gasteiger partial charge in [0.2, 0.25) is 21.8 Å². The Labute approximate surface area is 281 Å². The van der Waals surface area contributed by atoms with Gasteiger partial charge < -0.3 is 10.2 Å². The molecule has 4 aliphatic rings. The zero-order valence-electron chi connectivity index (χ0n) is 26.7. The number of nitrogens with zero attached hydrogens (tertiary/aromatic N) is 2. The van der Waals surface area contributed by atoms with Gasteiger partial charge in [-0.2, -0.15) is 0 Å². The van der Waals surface area contributed by atoms with Crippen molar-refractivity contribution in [2.75, 3.05) is 23.7 Å². The first-order valence-corrected chi connectivity index (χ1v) is 19.1. The lowest BCUT2D eigenvalue weighted by atomic mass is 9.48. The first-order valence-electron chi connectivity index (χ1n) is 16.5. The van der Waals surface area contributed by atoms with Gasteiger partial charge in [0.1, 0.15) is 12.6 Å². The molecule has 0 radical (unpaired) electrons. The molecule has 0 aliphatic heterocycles. The van der Waals surface area contributed by atoms with Crippen LogP contribution in [0.2, 0.25) is 0 Å². The Morgan fingerprint density at radius 1 is 0.870 bits per heavy atom. The number of carbonyl (C=O) groups excluding carboxylic acids is 2. The number of likely N-dealkylation sites (N-methyl/N-ethyl adjacent to an activating group) is 1. The van der Waals surface area contributed by atoms with Crippen molar-refractivity contribution >= 4 is 43.5 Å². The zero-order valence-corrected chi connectivity index (χ0v) is 29.1. The highest BCUT2D eigenvalue weighted by molar-refractivity contribution is 9.10. The Morgan fingerprint density at radius 3 is 2.00 bits per heavy atom. The SMILES string of the molecule is CCNC(=O)C(Cc1ccccc1)N(Cc1ccc(Br)cc1)C(=O)CN(c1ccc(C23CC4CC(CC(C4)C2)C3)cc1)S(C)(=O)=O. The highest BCUT2D eigenvalue weighted by Crippen LogP contribution is 2.60. The Balaban J connectivity index is 1.29. The molecule has 4 aliphatic carbocycles. The van der Waals surface area contributed by atoms with Gasteiger partial charge in [-0.05, 0) is 110 Å². The fourth-order valence-corrected chi connectivity index (χ4v) is 9.81. The maximum Gasteiger partial charge on any atom is 0.244 e. The summed E-state index contributed by atoms with van der Waals surface area (Å²) in [5, 5.41) is 2.90. The van der Waals surface area contributed by atoms with E-state index in [0.717, 1.165) is 39.6 Å². The third kappa shape index (κ3) is 7.20. The summed E-state index contributed by atoms with van der Waals surface area (Å²) < 4.78 is 28.6. The van der Waals surface area contributed by atoms with Gasteiger partial charge in [0.25, 0.3) is 0 Å². The molecule has 0 heterocycles. The van der Waals surface area contributed by atoms with E-state index in [2.05, 4.69) is 33.4 Å². The van der Waals surface area contributed by atoms with Gasteiger partial charge in [0.05, 0.1) is 11.9 Å². The number of nitrogens with one attached hydrogen (secondary N) is 1. The van der Waals surface area contributed by atoms with Crippen molar-refractivity contribution in [3.05, 3.63) is 100 Å². The average Bonchev–Trinajstić information content (AvgIpc) is 3.02. The van der Waals surface area contributed by atoms with Crippen molar-refractivity contribution in [1.29, 1.82) is 0 Å². The van der Waals surface area contributed by atoms with Crippen molar-refractivity contribution < 1.29 is 18.0 Å². The third-order valence-electron chi connectivity index (χ3n) is 10.4. The monoisotopic (exact) mass is 705 g/mol. The number of carbonyl (C=O) groups is 2. The summed E-state index contributed by atoms with van der Waals surface area (Å²) in [6, 6.07) is 24.3. The van der Waals surface area contributed by atoms with E-state index in [-0.39, 0.29) is 17.9 Å². The van der Waals surface area contributed by atoms with Crippen molar-refractivity contribution in [3.63, 3.8) is 0 Å². The molecule has 4 saturated carbocycles. The molecule has 1 N–H and O–H groups in total.